The van der Waals surface area contributed by atoms with Crippen molar-refractivity contribution in [3.63, 3.8) is 0 Å². The van der Waals surface area contributed by atoms with Gasteiger partial charge >= 0.3 is 0 Å². The van der Waals surface area contributed by atoms with Crippen molar-refractivity contribution in [2.45, 2.75) is 26.3 Å². The van der Waals surface area contributed by atoms with Crippen LogP contribution in [0.2, 0.25) is 0 Å². The first-order valence-electron chi connectivity index (χ1n) is 7.04. The molecule has 1 N–H and O–H groups in total. The van der Waals surface area contributed by atoms with E-state index < -0.39 is 0 Å². The number of rotatable bonds is 4. The van der Waals surface area contributed by atoms with Gasteiger partial charge in [-0.15, -0.1) is 0 Å². The maximum Gasteiger partial charge on any atom is 0.104 e. The highest BCUT2D eigenvalue weighted by Crippen LogP contribution is 2.10. The SMILES string of the molecule is CC(C)(C)N=CNN=C(c1ccccc1)c1ccccc1. The molecule has 0 aromatic heterocycles. The lowest BCUT2D eigenvalue weighted by Crippen LogP contribution is -2.16. The molecule has 0 heterocycles. The van der Waals surface area contributed by atoms with Gasteiger partial charge in [0, 0.05) is 11.1 Å². The van der Waals surface area contributed by atoms with Crippen molar-refractivity contribution in [2.75, 3.05) is 0 Å². The van der Waals surface area contributed by atoms with Gasteiger partial charge in [-0.05, 0) is 20.8 Å². The molecule has 0 saturated carbocycles. The molecule has 2 rings (SSSR count). The van der Waals surface area contributed by atoms with Gasteiger partial charge in [-0.1, -0.05) is 60.7 Å². The second-order valence-electron chi connectivity index (χ2n) is 5.75. The summed E-state index contributed by atoms with van der Waals surface area (Å²) in [6.07, 6.45) is 1.64. The summed E-state index contributed by atoms with van der Waals surface area (Å²) in [5, 5.41) is 4.48. The average molecular weight is 279 g/mol. The first kappa shape index (κ1) is 15.0. The summed E-state index contributed by atoms with van der Waals surface area (Å²) in [6.45, 7) is 6.14. The Morgan fingerprint density at radius 1 is 0.857 bits per heavy atom. The highest BCUT2D eigenvalue weighted by molar-refractivity contribution is 6.12. The first-order chi connectivity index (χ1) is 10.1. The zero-order valence-electron chi connectivity index (χ0n) is 12.7. The van der Waals surface area contributed by atoms with Crippen LogP contribution in [-0.2, 0) is 0 Å². The van der Waals surface area contributed by atoms with Crippen LogP contribution >= 0.6 is 0 Å². The second-order valence-corrected chi connectivity index (χ2v) is 5.75. The van der Waals surface area contributed by atoms with Crippen LogP contribution < -0.4 is 5.43 Å². The predicted octanol–water partition coefficient (Wildman–Crippen LogP) is 3.86. The van der Waals surface area contributed by atoms with Crippen LogP contribution in [-0.4, -0.2) is 17.6 Å². The van der Waals surface area contributed by atoms with Gasteiger partial charge in [0.15, 0.2) is 0 Å². The number of aliphatic imine (C=N–C) groups is 1. The molecule has 3 nitrogen and oxygen atoms in total. The summed E-state index contributed by atoms with van der Waals surface area (Å²) in [5.41, 5.74) is 5.87. The quantitative estimate of drug-likeness (QED) is 0.515. The fraction of sp³-hybridized carbons (Fsp3) is 0.222. The number of benzene rings is 2. The van der Waals surface area contributed by atoms with E-state index in [1.807, 2.05) is 57.2 Å². The van der Waals surface area contributed by atoms with Crippen molar-refractivity contribution < 1.29 is 0 Å². The van der Waals surface area contributed by atoms with Gasteiger partial charge in [0.05, 0.1) is 11.3 Å². The molecule has 0 spiro atoms. The maximum absolute atomic E-state index is 4.48. The molecular formula is C18H21N3. The van der Waals surface area contributed by atoms with E-state index in [1.54, 1.807) is 6.34 Å². The van der Waals surface area contributed by atoms with E-state index in [4.69, 9.17) is 0 Å². The highest BCUT2D eigenvalue weighted by Gasteiger charge is 2.06. The van der Waals surface area contributed by atoms with Crippen molar-refractivity contribution in [2.24, 2.45) is 10.1 Å². The van der Waals surface area contributed by atoms with E-state index >= 15 is 0 Å². The molecule has 0 saturated heterocycles. The summed E-state index contributed by atoms with van der Waals surface area (Å²) in [6, 6.07) is 20.2. The number of hydrogen-bond acceptors (Lipinski definition) is 2. The van der Waals surface area contributed by atoms with Gasteiger partial charge in [-0.3, -0.25) is 10.4 Å². The fourth-order valence-electron chi connectivity index (χ4n) is 1.80. The minimum Gasteiger partial charge on any atom is -0.268 e. The largest absolute Gasteiger partial charge is 0.268 e. The van der Waals surface area contributed by atoms with Crippen LogP contribution in [0.5, 0.6) is 0 Å². The summed E-state index contributed by atoms with van der Waals surface area (Å²) in [7, 11) is 0. The molecule has 2 aromatic rings. The van der Waals surface area contributed by atoms with Crippen molar-refractivity contribution in [3.8, 4) is 0 Å². The van der Waals surface area contributed by atoms with Crippen molar-refractivity contribution in [3.05, 3.63) is 71.8 Å². The van der Waals surface area contributed by atoms with Crippen molar-refractivity contribution in [1.82, 2.24) is 5.43 Å². The van der Waals surface area contributed by atoms with Crippen molar-refractivity contribution >= 4 is 12.1 Å². The molecule has 21 heavy (non-hydrogen) atoms. The zero-order valence-corrected chi connectivity index (χ0v) is 12.7. The molecule has 0 radical (unpaired) electrons. The van der Waals surface area contributed by atoms with Crippen LogP contribution in [0, 0.1) is 0 Å². The smallest absolute Gasteiger partial charge is 0.104 e. The molecule has 0 amide bonds. The van der Waals surface area contributed by atoms with Crippen LogP contribution in [0.3, 0.4) is 0 Å². The van der Waals surface area contributed by atoms with Gasteiger partial charge in [0.1, 0.15) is 6.34 Å². The molecule has 0 bridgehead atoms. The molecular weight excluding hydrogens is 258 g/mol. The third-order valence-corrected chi connectivity index (χ3v) is 2.78. The van der Waals surface area contributed by atoms with E-state index in [0.717, 1.165) is 16.8 Å². The molecule has 0 aliphatic rings. The van der Waals surface area contributed by atoms with Crippen LogP contribution in [0.25, 0.3) is 0 Å². The number of hydrogen-bond donors (Lipinski definition) is 1. The summed E-state index contributed by atoms with van der Waals surface area (Å²) < 4.78 is 0. The van der Waals surface area contributed by atoms with E-state index in [0.29, 0.717) is 0 Å². The van der Waals surface area contributed by atoms with Gasteiger partial charge in [0.2, 0.25) is 0 Å². The molecule has 0 aliphatic carbocycles. The maximum atomic E-state index is 4.48. The lowest BCUT2D eigenvalue weighted by atomic mass is 10.0. The van der Waals surface area contributed by atoms with Crippen molar-refractivity contribution in [1.29, 1.82) is 0 Å². The monoisotopic (exact) mass is 279 g/mol. The minimum atomic E-state index is -0.109. The van der Waals surface area contributed by atoms with Gasteiger partial charge < -0.3 is 0 Å². The van der Waals surface area contributed by atoms with Gasteiger partial charge in [0.25, 0.3) is 0 Å². The Labute approximate surface area is 126 Å². The molecule has 0 aliphatic heterocycles. The second kappa shape index (κ2) is 6.84. The average Bonchev–Trinajstić information content (AvgIpc) is 2.48. The molecule has 0 unspecified atom stereocenters. The summed E-state index contributed by atoms with van der Waals surface area (Å²) in [5.74, 6) is 0. The Balaban J connectivity index is 2.27. The summed E-state index contributed by atoms with van der Waals surface area (Å²) >= 11 is 0. The molecule has 0 atom stereocenters. The first-order valence-corrected chi connectivity index (χ1v) is 7.04. The summed E-state index contributed by atoms with van der Waals surface area (Å²) in [4.78, 5) is 4.37. The van der Waals surface area contributed by atoms with Crippen LogP contribution in [0.1, 0.15) is 31.9 Å². The van der Waals surface area contributed by atoms with E-state index in [-0.39, 0.29) is 5.54 Å². The zero-order chi connectivity index (χ0) is 15.1. The normalized spacial score (nSPS) is 11.4. The molecule has 0 fully saturated rings. The van der Waals surface area contributed by atoms with Gasteiger partial charge in [-0.25, -0.2) is 0 Å². The minimum absolute atomic E-state index is 0.109. The van der Waals surface area contributed by atoms with Gasteiger partial charge in [-0.2, -0.15) is 5.10 Å². The predicted molar refractivity (Wildman–Crippen MR) is 89.9 cm³/mol. The van der Waals surface area contributed by atoms with E-state index in [9.17, 15) is 0 Å². The Bertz CT molecular complexity index is 566. The molecule has 2 aromatic carbocycles. The number of nitrogens with zero attached hydrogens (tertiary/aromatic N) is 2. The highest BCUT2D eigenvalue weighted by atomic mass is 15.3. The van der Waals surface area contributed by atoms with Crippen LogP contribution in [0.4, 0.5) is 0 Å². The third kappa shape index (κ3) is 4.88. The lowest BCUT2D eigenvalue weighted by molar-refractivity contribution is 0.583. The Hall–Kier alpha value is -2.42. The number of nitrogens with one attached hydrogen (secondary N) is 1. The van der Waals surface area contributed by atoms with E-state index in [2.05, 4.69) is 39.8 Å². The molecule has 108 valence electrons. The Morgan fingerprint density at radius 2 is 1.33 bits per heavy atom. The third-order valence-electron chi connectivity index (χ3n) is 2.78. The lowest BCUT2D eigenvalue weighted by Gasteiger charge is -2.11. The standard InChI is InChI=1S/C18H21N3/c1-18(2,3)19-14-20-21-17(15-10-6-4-7-11-15)16-12-8-5-9-13-16/h4-14H,1-3H3,(H,19,20). The fourth-order valence-corrected chi connectivity index (χ4v) is 1.80. The van der Waals surface area contributed by atoms with E-state index in [1.165, 1.54) is 0 Å². The van der Waals surface area contributed by atoms with Crippen LogP contribution in [0.15, 0.2) is 70.8 Å². The number of hydrazone groups is 1. The Morgan fingerprint density at radius 3 is 1.76 bits per heavy atom. The Kier molecular flexibility index (Phi) is 4.88. The topological polar surface area (TPSA) is 36.8 Å². The molecule has 3 heteroatoms.